The molecule has 1 aromatic carbocycles. The number of sulfonamides is 1. The van der Waals surface area contributed by atoms with E-state index in [1.807, 2.05) is 0 Å². The van der Waals surface area contributed by atoms with E-state index in [4.69, 9.17) is 0 Å². The number of nitrogens with zero attached hydrogens (tertiary/aromatic N) is 3. The number of pyridine rings is 1. The second-order valence-electron chi connectivity index (χ2n) is 6.46. The maximum atomic E-state index is 12.9. The van der Waals surface area contributed by atoms with Crippen molar-refractivity contribution in [1.29, 1.82) is 0 Å². The van der Waals surface area contributed by atoms with Crippen molar-refractivity contribution in [2.75, 3.05) is 18.4 Å². The van der Waals surface area contributed by atoms with E-state index in [2.05, 4.69) is 31.2 Å². The van der Waals surface area contributed by atoms with Gasteiger partial charge in [-0.25, -0.2) is 13.4 Å². The molecule has 146 valence electrons. The summed E-state index contributed by atoms with van der Waals surface area (Å²) in [7, 11) is -3.50. The number of halogens is 1. The number of piperidine rings is 1. The number of carbonyl (C=O) groups is 1. The fourth-order valence-electron chi connectivity index (χ4n) is 3.08. The van der Waals surface area contributed by atoms with Gasteiger partial charge in [-0.1, -0.05) is 17.8 Å². The van der Waals surface area contributed by atoms with Crippen molar-refractivity contribution >= 4 is 58.5 Å². The number of aromatic nitrogens is 2. The molecule has 1 fully saturated rings. The summed E-state index contributed by atoms with van der Waals surface area (Å²) in [6.45, 7) is 1.12. The van der Waals surface area contributed by atoms with Gasteiger partial charge in [-0.15, -0.1) is 0 Å². The molecular formula is C18H17BrN4O3S2. The molecule has 0 saturated carbocycles. The van der Waals surface area contributed by atoms with Gasteiger partial charge in [0.2, 0.25) is 10.0 Å². The number of benzene rings is 1. The normalized spacial score (nSPS) is 15.6. The summed E-state index contributed by atoms with van der Waals surface area (Å²) in [4.78, 5) is 21.0. The molecular weight excluding hydrogens is 464 g/mol. The van der Waals surface area contributed by atoms with Gasteiger partial charge in [0, 0.05) is 30.0 Å². The summed E-state index contributed by atoms with van der Waals surface area (Å²) in [6, 6.07) is 6.56. The van der Waals surface area contributed by atoms with E-state index in [1.54, 1.807) is 34.8 Å². The Labute approximate surface area is 175 Å². The molecule has 0 atom stereocenters. The fourth-order valence-corrected chi connectivity index (χ4v) is 5.96. The summed E-state index contributed by atoms with van der Waals surface area (Å²) in [5, 5.41) is 3.15. The smallest absolute Gasteiger partial charge is 0.259 e. The standard InChI is InChI=1S/C18H17BrN4O3S2/c19-13-8-12(10-20-11-13)17(24)22-18-21-15-5-4-14(9-16(15)27-18)28(25,26)23-6-2-1-3-7-23/h4-5,8-11H,1-3,6-7H2,(H,21,22,24). The molecule has 2 aromatic heterocycles. The topological polar surface area (TPSA) is 92.3 Å². The van der Waals surface area contributed by atoms with Crippen LogP contribution in [0, 0.1) is 0 Å². The minimum absolute atomic E-state index is 0.264. The maximum Gasteiger partial charge on any atom is 0.259 e. The quantitative estimate of drug-likeness (QED) is 0.611. The zero-order chi connectivity index (χ0) is 19.7. The second-order valence-corrected chi connectivity index (χ2v) is 10.3. The lowest BCUT2D eigenvalue weighted by Gasteiger charge is -2.25. The van der Waals surface area contributed by atoms with Crippen molar-refractivity contribution in [2.24, 2.45) is 0 Å². The summed E-state index contributed by atoms with van der Waals surface area (Å²) in [6.07, 6.45) is 5.91. The molecule has 4 rings (SSSR count). The van der Waals surface area contributed by atoms with E-state index in [1.165, 1.54) is 17.5 Å². The Kier molecular flexibility index (Phi) is 5.46. The van der Waals surface area contributed by atoms with Crippen molar-refractivity contribution in [2.45, 2.75) is 24.2 Å². The molecule has 0 unspecified atom stereocenters. The highest BCUT2D eigenvalue weighted by Gasteiger charge is 2.26. The van der Waals surface area contributed by atoms with Crippen molar-refractivity contribution in [3.63, 3.8) is 0 Å². The Hall–Kier alpha value is -1.88. The zero-order valence-electron chi connectivity index (χ0n) is 14.8. The van der Waals surface area contributed by atoms with E-state index < -0.39 is 10.0 Å². The number of rotatable bonds is 4. The summed E-state index contributed by atoms with van der Waals surface area (Å²) < 4.78 is 28.7. The van der Waals surface area contributed by atoms with E-state index >= 15 is 0 Å². The Bertz CT molecular complexity index is 1140. The van der Waals surface area contributed by atoms with Gasteiger partial charge in [0.15, 0.2) is 5.13 Å². The predicted octanol–water partition coefficient (Wildman–Crippen LogP) is 3.88. The Morgan fingerprint density at radius 1 is 1.14 bits per heavy atom. The van der Waals surface area contributed by atoms with Crippen LogP contribution in [0.2, 0.25) is 0 Å². The predicted molar refractivity (Wildman–Crippen MR) is 112 cm³/mol. The first-order valence-electron chi connectivity index (χ1n) is 8.76. The zero-order valence-corrected chi connectivity index (χ0v) is 18.0. The van der Waals surface area contributed by atoms with Crippen LogP contribution >= 0.6 is 27.3 Å². The van der Waals surface area contributed by atoms with Crippen molar-refractivity contribution in [3.05, 3.63) is 46.7 Å². The number of amides is 1. The van der Waals surface area contributed by atoms with Gasteiger partial charge in [0.1, 0.15) is 0 Å². The highest BCUT2D eigenvalue weighted by atomic mass is 79.9. The van der Waals surface area contributed by atoms with Crippen LogP contribution in [-0.2, 0) is 10.0 Å². The largest absolute Gasteiger partial charge is 0.298 e. The molecule has 0 aliphatic carbocycles. The van der Waals surface area contributed by atoms with Crippen molar-refractivity contribution in [3.8, 4) is 0 Å². The Morgan fingerprint density at radius 2 is 1.93 bits per heavy atom. The van der Waals surface area contributed by atoms with Gasteiger partial charge >= 0.3 is 0 Å². The molecule has 1 saturated heterocycles. The number of anilines is 1. The third kappa shape index (κ3) is 3.95. The molecule has 0 bridgehead atoms. The number of thiazole rings is 1. The lowest BCUT2D eigenvalue weighted by molar-refractivity contribution is 0.102. The first-order valence-corrected chi connectivity index (χ1v) is 11.8. The van der Waals surface area contributed by atoms with Crippen LogP contribution in [0.4, 0.5) is 5.13 Å². The molecule has 1 aliphatic rings. The lowest BCUT2D eigenvalue weighted by atomic mass is 10.2. The molecule has 1 N–H and O–H groups in total. The average Bonchev–Trinajstić information content (AvgIpc) is 3.10. The van der Waals surface area contributed by atoms with Gasteiger partial charge in [0.05, 0.1) is 20.7 Å². The minimum atomic E-state index is -3.50. The third-order valence-electron chi connectivity index (χ3n) is 4.50. The lowest BCUT2D eigenvalue weighted by Crippen LogP contribution is -2.35. The third-order valence-corrected chi connectivity index (χ3v) is 7.76. The number of carbonyl (C=O) groups excluding carboxylic acids is 1. The van der Waals surface area contributed by atoms with Crippen LogP contribution in [0.3, 0.4) is 0 Å². The number of hydrogen-bond acceptors (Lipinski definition) is 6. The van der Waals surface area contributed by atoms with E-state index in [0.29, 0.717) is 38.5 Å². The van der Waals surface area contributed by atoms with Gasteiger partial charge in [-0.2, -0.15) is 4.31 Å². The molecule has 28 heavy (non-hydrogen) atoms. The van der Waals surface area contributed by atoms with Crippen LogP contribution in [0.1, 0.15) is 29.6 Å². The average molecular weight is 481 g/mol. The fraction of sp³-hybridized carbons (Fsp3) is 0.278. The molecule has 1 aliphatic heterocycles. The highest BCUT2D eigenvalue weighted by molar-refractivity contribution is 9.10. The molecule has 0 spiro atoms. The SMILES string of the molecule is O=C(Nc1nc2ccc(S(=O)(=O)N3CCCCC3)cc2s1)c1cncc(Br)c1. The molecule has 0 radical (unpaired) electrons. The van der Waals surface area contributed by atoms with Crippen molar-refractivity contribution in [1.82, 2.24) is 14.3 Å². The van der Waals surface area contributed by atoms with Crippen LogP contribution in [0.25, 0.3) is 10.2 Å². The van der Waals surface area contributed by atoms with Gasteiger partial charge in [0.25, 0.3) is 5.91 Å². The first kappa shape index (κ1) is 19.4. The molecule has 10 heteroatoms. The summed E-state index contributed by atoms with van der Waals surface area (Å²) in [5.41, 5.74) is 1.05. The molecule has 1 amide bonds. The van der Waals surface area contributed by atoms with Crippen LogP contribution in [-0.4, -0.2) is 41.7 Å². The summed E-state index contributed by atoms with van der Waals surface area (Å²) >= 11 is 4.53. The van der Waals surface area contributed by atoms with Crippen LogP contribution in [0.5, 0.6) is 0 Å². The van der Waals surface area contributed by atoms with Gasteiger partial charge in [-0.3, -0.25) is 15.1 Å². The number of fused-ring (bicyclic) bond motifs is 1. The monoisotopic (exact) mass is 480 g/mol. The summed E-state index contributed by atoms with van der Waals surface area (Å²) in [5.74, 6) is -0.325. The first-order chi connectivity index (χ1) is 13.4. The molecule has 7 nitrogen and oxygen atoms in total. The van der Waals surface area contributed by atoms with E-state index in [0.717, 1.165) is 19.3 Å². The maximum absolute atomic E-state index is 12.9. The minimum Gasteiger partial charge on any atom is -0.298 e. The van der Waals surface area contributed by atoms with Crippen LogP contribution in [0.15, 0.2) is 46.0 Å². The van der Waals surface area contributed by atoms with Gasteiger partial charge in [-0.05, 0) is 53.0 Å². The number of hydrogen-bond donors (Lipinski definition) is 1. The second kappa shape index (κ2) is 7.86. The van der Waals surface area contributed by atoms with Crippen LogP contribution < -0.4 is 5.32 Å². The van der Waals surface area contributed by atoms with Gasteiger partial charge < -0.3 is 0 Å². The number of nitrogens with one attached hydrogen (secondary N) is 1. The highest BCUT2D eigenvalue weighted by Crippen LogP contribution is 2.30. The van der Waals surface area contributed by atoms with Crippen molar-refractivity contribution < 1.29 is 13.2 Å². The van der Waals surface area contributed by atoms with E-state index in [9.17, 15) is 13.2 Å². The molecule has 3 aromatic rings. The van der Waals surface area contributed by atoms with E-state index in [-0.39, 0.29) is 10.8 Å². The molecule has 3 heterocycles. The Balaban J connectivity index is 1.59. The Morgan fingerprint density at radius 3 is 2.68 bits per heavy atom.